The van der Waals surface area contributed by atoms with Crippen LogP contribution in [0.25, 0.3) is 0 Å². The highest BCUT2D eigenvalue weighted by atomic mass is 35.5. The number of aliphatic carboxylic acids is 1. The highest BCUT2D eigenvalue weighted by Crippen LogP contribution is 2.28. The molecule has 0 aromatic heterocycles. The van der Waals surface area contributed by atoms with E-state index in [4.69, 9.17) is 5.11 Å². The van der Waals surface area contributed by atoms with Gasteiger partial charge < -0.3 is 10.0 Å². The first-order chi connectivity index (χ1) is 13.2. The van der Waals surface area contributed by atoms with E-state index in [1.165, 1.54) is 28.9 Å². The number of anilines is 1. The summed E-state index contributed by atoms with van der Waals surface area (Å²) < 4.78 is 25.9. The Hall–Kier alpha value is -2.17. The normalized spacial score (nSPS) is 17.1. The SMILES string of the molecule is CS(=O)(=O)N(CCN1CCCCC1)c1ccc2c(c1)C(=O)N(CC(=O)O)C2=O.Cl. The summed E-state index contributed by atoms with van der Waals surface area (Å²) in [6.07, 6.45) is 4.46. The first-order valence-corrected chi connectivity index (χ1v) is 11.0. The fourth-order valence-electron chi connectivity index (χ4n) is 3.61. The molecule has 2 amide bonds. The maximum absolute atomic E-state index is 12.4. The van der Waals surface area contributed by atoms with Crippen LogP contribution in [0.5, 0.6) is 0 Å². The Morgan fingerprint density at radius 1 is 1.10 bits per heavy atom. The van der Waals surface area contributed by atoms with Crippen molar-refractivity contribution in [2.24, 2.45) is 0 Å². The summed E-state index contributed by atoms with van der Waals surface area (Å²) in [4.78, 5) is 38.5. The van der Waals surface area contributed by atoms with Gasteiger partial charge in [-0.3, -0.25) is 23.6 Å². The summed E-state index contributed by atoms with van der Waals surface area (Å²) in [6.45, 7) is 1.94. The molecule has 11 heteroatoms. The number of carbonyl (C=O) groups is 3. The number of benzene rings is 1. The molecule has 9 nitrogen and oxygen atoms in total. The number of imide groups is 1. The Bertz CT molecular complexity index is 914. The minimum atomic E-state index is -3.60. The number of nitrogens with zero attached hydrogens (tertiary/aromatic N) is 3. The number of amides is 2. The van der Waals surface area contributed by atoms with Gasteiger partial charge in [-0.2, -0.15) is 0 Å². The molecule has 1 aromatic rings. The molecule has 1 fully saturated rings. The van der Waals surface area contributed by atoms with Crippen LogP contribution < -0.4 is 4.31 Å². The van der Waals surface area contributed by atoms with E-state index in [2.05, 4.69) is 4.90 Å². The van der Waals surface area contributed by atoms with Crippen molar-refractivity contribution in [1.29, 1.82) is 0 Å². The molecule has 3 rings (SSSR count). The molecule has 0 unspecified atom stereocenters. The highest BCUT2D eigenvalue weighted by molar-refractivity contribution is 7.92. The van der Waals surface area contributed by atoms with E-state index in [0.29, 0.717) is 11.4 Å². The van der Waals surface area contributed by atoms with Crippen LogP contribution in [0.15, 0.2) is 18.2 Å². The number of hydrogen-bond donors (Lipinski definition) is 1. The van der Waals surface area contributed by atoms with Gasteiger partial charge in [0.1, 0.15) is 6.54 Å². The van der Waals surface area contributed by atoms with Gasteiger partial charge in [0.25, 0.3) is 11.8 Å². The van der Waals surface area contributed by atoms with Gasteiger partial charge in [-0.15, -0.1) is 12.4 Å². The fraction of sp³-hybridized carbons (Fsp3) is 0.500. The Morgan fingerprint density at radius 3 is 2.31 bits per heavy atom. The summed E-state index contributed by atoms with van der Waals surface area (Å²) in [6, 6.07) is 4.21. The zero-order chi connectivity index (χ0) is 20.5. The molecule has 1 N–H and O–H groups in total. The molecule has 2 heterocycles. The van der Waals surface area contributed by atoms with Crippen LogP contribution in [0, 0.1) is 0 Å². The third-order valence-corrected chi connectivity index (χ3v) is 6.20. The summed E-state index contributed by atoms with van der Waals surface area (Å²) in [5.41, 5.74) is 0.395. The predicted molar refractivity (Wildman–Crippen MR) is 109 cm³/mol. The van der Waals surface area contributed by atoms with Gasteiger partial charge in [-0.05, 0) is 44.1 Å². The van der Waals surface area contributed by atoms with Gasteiger partial charge in [-0.1, -0.05) is 6.42 Å². The monoisotopic (exact) mass is 445 g/mol. The second-order valence-electron chi connectivity index (χ2n) is 7.06. The molecule has 2 aliphatic heterocycles. The Balaban J connectivity index is 0.00000300. The van der Waals surface area contributed by atoms with Crippen LogP contribution in [0.2, 0.25) is 0 Å². The molecule has 0 bridgehead atoms. The molecule has 1 aromatic carbocycles. The number of fused-ring (bicyclic) bond motifs is 1. The van der Waals surface area contributed by atoms with Crippen molar-refractivity contribution >= 4 is 45.9 Å². The van der Waals surface area contributed by atoms with E-state index < -0.39 is 34.4 Å². The lowest BCUT2D eigenvalue weighted by molar-refractivity contribution is -0.137. The summed E-state index contributed by atoms with van der Waals surface area (Å²) in [5.74, 6) is -2.71. The maximum atomic E-state index is 12.4. The van der Waals surface area contributed by atoms with Crippen molar-refractivity contribution in [3.63, 3.8) is 0 Å². The van der Waals surface area contributed by atoms with E-state index in [0.717, 1.165) is 32.2 Å². The van der Waals surface area contributed by atoms with Crippen molar-refractivity contribution in [1.82, 2.24) is 9.80 Å². The van der Waals surface area contributed by atoms with Crippen LogP contribution in [0.1, 0.15) is 40.0 Å². The topological polar surface area (TPSA) is 115 Å². The zero-order valence-corrected chi connectivity index (χ0v) is 17.7. The molecular formula is C18H24ClN3O6S. The minimum Gasteiger partial charge on any atom is -0.480 e. The van der Waals surface area contributed by atoms with Crippen LogP contribution in [-0.2, 0) is 14.8 Å². The molecular weight excluding hydrogens is 422 g/mol. The summed E-state index contributed by atoms with van der Waals surface area (Å²) in [5, 5.41) is 8.89. The van der Waals surface area contributed by atoms with E-state index >= 15 is 0 Å². The largest absolute Gasteiger partial charge is 0.480 e. The van der Waals surface area contributed by atoms with Gasteiger partial charge >= 0.3 is 5.97 Å². The smallest absolute Gasteiger partial charge is 0.323 e. The summed E-state index contributed by atoms with van der Waals surface area (Å²) in [7, 11) is -3.60. The van der Waals surface area contributed by atoms with Gasteiger partial charge in [0, 0.05) is 13.1 Å². The molecule has 0 atom stereocenters. The Kier molecular flexibility index (Phi) is 7.25. The van der Waals surface area contributed by atoms with Crippen molar-refractivity contribution in [2.45, 2.75) is 19.3 Å². The van der Waals surface area contributed by atoms with Crippen LogP contribution in [0.3, 0.4) is 0 Å². The molecule has 160 valence electrons. The quantitative estimate of drug-likeness (QED) is 0.623. The maximum Gasteiger partial charge on any atom is 0.323 e. The molecule has 0 spiro atoms. The molecule has 0 aliphatic carbocycles. The lowest BCUT2D eigenvalue weighted by Crippen LogP contribution is -2.40. The third-order valence-electron chi connectivity index (χ3n) is 5.00. The summed E-state index contributed by atoms with van der Waals surface area (Å²) >= 11 is 0. The average molecular weight is 446 g/mol. The highest BCUT2D eigenvalue weighted by Gasteiger charge is 2.37. The van der Waals surface area contributed by atoms with Gasteiger partial charge in [0.15, 0.2) is 0 Å². The molecule has 0 radical (unpaired) electrons. The average Bonchev–Trinajstić information content (AvgIpc) is 2.86. The van der Waals surface area contributed by atoms with Crippen LogP contribution in [-0.4, -0.2) is 80.1 Å². The number of carboxylic acids is 1. The number of likely N-dealkylation sites (tertiary alicyclic amines) is 1. The lowest BCUT2D eigenvalue weighted by atomic mass is 10.1. The van der Waals surface area contributed by atoms with Gasteiger partial charge in [-0.25, -0.2) is 8.42 Å². The van der Waals surface area contributed by atoms with E-state index in [9.17, 15) is 22.8 Å². The molecule has 1 saturated heterocycles. The fourth-order valence-corrected chi connectivity index (χ4v) is 4.52. The van der Waals surface area contributed by atoms with Crippen molar-refractivity contribution in [2.75, 3.05) is 43.3 Å². The zero-order valence-electron chi connectivity index (χ0n) is 16.0. The standard InChI is InChI=1S/C18H23N3O6S.ClH/c1-28(26,27)21(10-9-19-7-3-2-4-8-19)13-5-6-14-15(11-13)18(25)20(17(14)24)12-16(22)23;/h5-6,11H,2-4,7-10,12H2,1H3,(H,22,23);1H. The number of rotatable bonds is 7. The van der Waals surface area contributed by atoms with Crippen LogP contribution >= 0.6 is 12.4 Å². The predicted octanol–water partition coefficient (Wildman–Crippen LogP) is 1.04. The Labute approximate surface area is 175 Å². The Morgan fingerprint density at radius 2 is 1.72 bits per heavy atom. The van der Waals surface area contributed by atoms with Gasteiger partial charge in [0.2, 0.25) is 10.0 Å². The third kappa shape index (κ3) is 5.06. The van der Waals surface area contributed by atoms with Crippen molar-refractivity contribution in [3.8, 4) is 0 Å². The molecule has 2 aliphatic rings. The lowest BCUT2D eigenvalue weighted by Gasteiger charge is -2.30. The first kappa shape index (κ1) is 23.1. The number of hydrogen-bond acceptors (Lipinski definition) is 6. The minimum absolute atomic E-state index is 0. The van der Waals surface area contributed by atoms with Crippen LogP contribution in [0.4, 0.5) is 5.69 Å². The number of piperidine rings is 1. The second kappa shape index (κ2) is 9.10. The molecule has 0 saturated carbocycles. The molecule has 29 heavy (non-hydrogen) atoms. The van der Waals surface area contributed by atoms with Crippen molar-refractivity contribution in [3.05, 3.63) is 29.3 Å². The van der Waals surface area contributed by atoms with E-state index in [-0.39, 0.29) is 35.8 Å². The number of sulfonamides is 1. The number of halogens is 1. The van der Waals surface area contributed by atoms with E-state index in [1.54, 1.807) is 0 Å². The van der Waals surface area contributed by atoms with E-state index in [1.807, 2.05) is 0 Å². The number of carboxylic acid groups (broad SMARTS) is 1. The second-order valence-corrected chi connectivity index (χ2v) is 8.96. The van der Waals surface area contributed by atoms with Gasteiger partial charge in [0.05, 0.1) is 23.1 Å². The number of carbonyl (C=O) groups excluding carboxylic acids is 2. The van der Waals surface area contributed by atoms with Crippen molar-refractivity contribution < 1.29 is 27.9 Å². The first-order valence-electron chi connectivity index (χ1n) is 9.10.